The molecule has 2 rings (SSSR count). The van der Waals surface area contributed by atoms with E-state index in [0.29, 0.717) is 15.7 Å². The van der Waals surface area contributed by atoms with Gasteiger partial charge in [0.05, 0.1) is 15.7 Å². The molecule has 1 atom stereocenters. The summed E-state index contributed by atoms with van der Waals surface area (Å²) in [5, 5.41) is 4.11. The van der Waals surface area contributed by atoms with E-state index in [1.807, 2.05) is 11.8 Å². The molecule has 1 heterocycles. The molecule has 1 fully saturated rings. The predicted octanol–water partition coefficient (Wildman–Crippen LogP) is 4.18. The van der Waals surface area contributed by atoms with Crippen molar-refractivity contribution in [3.8, 4) is 0 Å². The highest BCUT2D eigenvalue weighted by molar-refractivity contribution is 9.10. The van der Waals surface area contributed by atoms with Crippen LogP contribution in [-0.4, -0.2) is 29.9 Å². The summed E-state index contributed by atoms with van der Waals surface area (Å²) < 4.78 is 0.812. The third-order valence-corrected chi connectivity index (χ3v) is 4.21. The smallest absolute Gasteiger partial charge is 0.244 e. The molecule has 0 saturated carbocycles. The fourth-order valence-electron chi connectivity index (χ4n) is 2.17. The first kappa shape index (κ1) is 14.9. The van der Waals surface area contributed by atoms with E-state index in [4.69, 9.17) is 23.2 Å². The number of nitrogens with one attached hydrogen (secondary N) is 1. The second kappa shape index (κ2) is 6.33. The molecule has 1 aromatic carbocycles. The van der Waals surface area contributed by atoms with Gasteiger partial charge in [0.15, 0.2) is 0 Å². The summed E-state index contributed by atoms with van der Waals surface area (Å²) in [5.74, 6) is 0.0903. The average molecular weight is 366 g/mol. The number of rotatable bonds is 3. The molecule has 0 aliphatic carbocycles. The van der Waals surface area contributed by atoms with E-state index in [9.17, 15) is 4.79 Å². The lowest BCUT2D eigenvalue weighted by molar-refractivity contribution is -0.130. The normalized spacial score (nSPS) is 16.5. The maximum atomic E-state index is 12.2. The minimum atomic E-state index is -0.339. The molecule has 1 unspecified atom stereocenters. The minimum Gasteiger partial charge on any atom is -0.371 e. The van der Waals surface area contributed by atoms with Crippen molar-refractivity contribution in [3.63, 3.8) is 0 Å². The molecule has 1 aliphatic heterocycles. The standard InChI is InChI=1S/C13H15BrCl2N2O/c1-8(13(19)18-4-2-3-5-18)17-12-10(15)6-9(14)7-11(12)16/h6-8,17H,2-5H2,1H3. The van der Waals surface area contributed by atoms with Gasteiger partial charge in [-0.2, -0.15) is 0 Å². The van der Waals surface area contributed by atoms with Crippen LogP contribution in [0.2, 0.25) is 10.0 Å². The Morgan fingerprint density at radius 3 is 2.37 bits per heavy atom. The molecule has 1 N–H and O–H groups in total. The summed E-state index contributed by atoms with van der Waals surface area (Å²) in [6.45, 7) is 3.51. The Balaban J connectivity index is 2.10. The summed E-state index contributed by atoms with van der Waals surface area (Å²) in [6.07, 6.45) is 2.16. The highest BCUT2D eigenvalue weighted by atomic mass is 79.9. The third-order valence-electron chi connectivity index (χ3n) is 3.16. The summed E-state index contributed by atoms with van der Waals surface area (Å²) >= 11 is 15.6. The largest absolute Gasteiger partial charge is 0.371 e. The van der Waals surface area contributed by atoms with Gasteiger partial charge in [-0.15, -0.1) is 0 Å². The van der Waals surface area contributed by atoms with Crippen LogP contribution in [0.1, 0.15) is 19.8 Å². The van der Waals surface area contributed by atoms with Crippen LogP contribution in [0.15, 0.2) is 16.6 Å². The molecule has 1 saturated heterocycles. The number of anilines is 1. The SMILES string of the molecule is CC(Nc1c(Cl)cc(Br)cc1Cl)C(=O)N1CCCC1. The van der Waals surface area contributed by atoms with Crippen LogP contribution >= 0.6 is 39.1 Å². The number of benzene rings is 1. The predicted molar refractivity (Wildman–Crippen MR) is 83.1 cm³/mol. The fraction of sp³-hybridized carbons (Fsp3) is 0.462. The van der Waals surface area contributed by atoms with Gasteiger partial charge in [-0.25, -0.2) is 0 Å². The van der Waals surface area contributed by atoms with Crippen molar-refractivity contribution in [2.24, 2.45) is 0 Å². The molecule has 19 heavy (non-hydrogen) atoms. The van der Waals surface area contributed by atoms with Crippen LogP contribution in [0.25, 0.3) is 0 Å². The quantitative estimate of drug-likeness (QED) is 0.871. The van der Waals surface area contributed by atoms with Crippen molar-refractivity contribution in [2.75, 3.05) is 18.4 Å². The van der Waals surface area contributed by atoms with Crippen LogP contribution < -0.4 is 5.32 Å². The fourth-order valence-corrected chi connectivity index (χ4v) is 3.49. The minimum absolute atomic E-state index is 0.0903. The highest BCUT2D eigenvalue weighted by Crippen LogP contribution is 2.34. The molecule has 104 valence electrons. The van der Waals surface area contributed by atoms with Gasteiger partial charge in [-0.3, -0.25) is 4.79 Å². The van der Waals surface area contributed by atoms with Crippen molar-refractivity contribution in [1.82, 2.24) is 4.90 Å². The second-order valence-electron chi connectivity index (χ2n) is 4.64. The van der Waals surface area contributed by atoms with Crippen molar-refractivity contribution in [1.29, 1.82) is 0 Å². The van der Waals surface area contributed by atoms with E-state index < -0.39 is 0 Å². The molecule has 6 heteroatoms. The van der Waals surface area contributed by atoms with Crippen molar-refractivity contribution < 1.29 is 4.79 Å². The van der Waals surface area contributed by atoms with Gasteiger partial charge in [0, 0.05) is 17.6 Å². The Kier molecular flexibility index (Phi) is 4.98. The summed E-state index contributed by atoms with van der Waals surface area (Å²) in [4.78, 5) is 14.1. The number of carbonyl (C=O) groups excluding carboxylic acids is 1. The molecule has 1 amide bonds. The number of hydrogen-bond donors (Lipinski definition) is 1. The van der Waals surface area contributed by atoms with Crippen molar-refractivity contribution >= 4 is 50.7 Å². The highest BCUT2D eigenvalue weighted by Gasteiger charge is 2.24. The van der Waals surface area contributed by atoms with Gasteiger partial charge in [-0.05, 0) is 31.9 Å². The zero-order valence-electron chi connectivity index (χ0n) is 10.5. The summed E-state index contributed by atoms with van der Waals surface area (Å²) in [7, 11) is 0. The van der Waals surface area contributed by atoms with Gasteiger partial charge in [-0.1, -0.05) is 39.1 Å². The molecule has 0 aromatic heterocycles. The van der Waals surface area contributed by atoms with Crippen LogP contribution in [0.3, 0.4) is 0 Å². The second-order valence-corrected chi connectivity index (χ2v) is 6.37. The Bertz CT molecular complexity index is 467. The Morgan fingerprint density at radius 2 is 1.84 bits per heavy atom. The number of hydrogen-bond acceptors (Lipinski definition) is 2. The van der Waals surface area contributed by atoms with Gasteiger partial charge in [0.25, 0.3) is 0 Å². The maximum Gasteiger partial charge on any atom is 0.244 e. The number of nitrogens with zero attached hydrogens (tertiary/aromatic N) is 1. The van der Waals surface area contributed by atoms with E-state index in [-0.39, 0.29) is 11.9 Å². The maximum absolute atomic E-state index is 12.2. The molecule has 0 spiro atoms. The van der Waals surface area contributed by atoms with E-state index in [0.717, 1.165) is 30.4 Å². The first-order chi connectivity index (χ1) is 8.99. The van der Waals surface area contributed by atoms with Crippen LogP contribution in [0, 0.1) is 0 Å². The topological polar surface area (TPSA) is 32.3 Å². The molecule has 1 aliphatic rings. The van der Waals surface area contributed by atoms with Crippen molar-refractivity contribution in [2.45, 2.75) is 25.8 Å². The zero-order valence-corrected chi connectivity index (χ0v) is 13.6. The number of amides is 1. The van der Waals surface area contributed by atoms with E-state index >= 15 is 0 Å². The molecular formula is C13H15BrCl2N2O. The zero-order chi connectivity index (χ0) is 14.0. The average Bonchev–Trinajstić information content (AvgIpc) is 2.86. The molecule has 3 nitrogen and oxygen atoms in total. The lowest BCUT2D eigenvalue weighted by Crippen LogP contribution is -2.39. The summed E-state index contributed by atoms with van der Waals surface area (Å²) in [5.41, 5.74) is 0.603. The van der Waals surface area contributed by atoms with Gasteiger partial charge in [0.1, 0.15) is 6.04 Å². The number of halogens is 3. The molecular weight excluding hydrogens is 351 g/mol. The van der Waals surface area contributed by atoms with Gasteiger partial charge in [0.2, 0.25) is 5.91 Å². The molecule has 0 bridgehead atoms. The number of likely N-dealkylation sites (tertiary alicyclic amines) is 1. The van der Waals surface area contributed by atoms with Gasteiger partial charge < -0.3 is 10.2 Å². The Labute approximate surface area is 131 Å². The van der Waals surface area contributed by atoms with Crippen LogP contribution in [0.4, 0.5) is 5.69 Å². The molecule has 1 aromatic rings. The lowest BCUT2D eigenvalue weighted by atomic mass is 10.2. The third kappa shape index (κ3) is 3.56. The summed E-state index contributed by atoms with van der Waals surface area (Å²) in [6, 6.07) is 3.17. The van der Waals surface area contributed by atoms with E-state index in [1.54, 1.807) is 12.1 Å². The first-order valence-electron chi connectivity index (χ1n) is 6.19. The first-order valence-corrected chi connectivity index (χ1v) is 7.74. The van der Waals surface area contributed by atoms with E-state index in [1.165, 1.54) is 0 Å². The van der Waals surface area contributed by atoms with Gasteiger partial charge >= 0.3 is 0 Å². The monoisotopic (exact) mass is 364 g/mol. The lowest BCUT2D eigenvalue weighted by Gasteiger charge is -2.22. The van der Waals surface area contributed by atoms with E-state index in [2.05, 4.69) is 21.2 Å². The Morgan fingerprint density at radius 1 is 1.32 bits per heavy atom. The van der Waals surface area contributed by atoms with Crippen LogP contribution in [0.5, 0.6) is 0 Å². The van der Waals surface area contributed by atoms with Crippen LogP contribution in [-0.2, 0) is 4.79 Å². The molecule has 0 radical (unpaired) electrons. The van der Waals surface area contributed by atoms with Crippen molar-refractivity contribution in [3.05, 3.63) is 26.7 Å². The number of carbonyl (C=O) groups is 1. The Hall–Kier alpha value is -0.450.